The minimum atomic E-state index is -1.83. The topological polar surface area (TPSA) is 57.6 Å². The number of hydrogen-bond acceptors (Lipinski definition) is 3. The molecule has 0 radical (unpaired) electrons. The quantitative estimate of drug-likeness (QED) is 0.699. The van der Waals surface area contributed by atoms with E-state index in [-0.39, 0.29) is 18.6 Å². The zero-order valence-corrected chi connectivity index (χ0v) is 16.3. The molecular formula is C25H23NO3. The first-order valence-corrected chi connectivity index (χ1v) is 9.73. The molecule has 29 heavy (non-hydrogen) atoms. The molecule has 4 rings (SSSR count). The number of para-hydroxylation sites is 1. The number of amides is 1. The third kappa shape index (κ3) is 3.59. The van der Waals surface area contributed by atoms with Crippen molar-refractivity contribution in [2.45, 2.75) is 31.9 Å². The normalized spacial score (nSPS) is 18.0. The summed E-state index contributed by atoms with van der Waals surface area (Å²) in [6, 6.07) is 24.4. The van der Waals surface area contributed by atoms with E-state index < -0.39 is 11.5 Å². The van der Waals surface area contributed by atoms with Gasteiger partial charge in [0.05, 0.1) is 12.2 Å². The van der Waals surface area contributed by atoms with Crippen LogP contribution in [0.1, 0.15) is 28.7 Å². The summed E-state index contributed by atoms with van der Waals surface area (Å²) in [5.41, 5.74) is 2.29. The fourth-order valence-electron chi connectivity index (χ4n) is 3.96. The number of fused-ring (bicyclic) bond motifs is 1. The van der Waals surface area contributed by atoms with Crippen molar-refractivity contribution in [3.63, 3.8) is 0 Å². The number of ketones is 1. The molecule has 0 aliphatic carbocycles. The van der Waals surface area contributed by atoms with Gasteiger partial charge in [-0.05, 0) is 29.7 Å². The van der Waals surface area contributed by atoms with E-state index in [0.29, 0.717) is 17.8 Å². The number of nitrogens with zero attached hydrogens (tertiary/aromatic N) is 1. The molecule has 1 atom stereocenters. The van der Waals surface area contributed by atoms with E-state index in [0.717, 1.165) is 16.7 Å². The van der Waals surface area contributed by atoms with E-state index in [1.54, 1.807) is 17.0 Å². The monoisotopic (exact) mass is 385 g/mol. The third-order valence-electron chi connectivity index (χ3n) is 5.53. The first kappa shape index (κ1) is 19.1. The Morgan fingerprint density at radius 3 is 2.34 bits per heavy atom. The van der Waals surface area contributed by atoms with Gasteiger partial charge in [0.15, 0.2) is 5.60 Å². The van der Waals surface area contributed by atoms with Crippen molar-refractivity contribution in [3.8, 4) is 0 Å². The van der Waals surface area contributed by atoms with E-state index in [1.165, 1.54) is 0 Å². The average Bonchev–Trinajstić information content (AvgIpc) is 2.92. The Hall–Kier alpha value is -3.24. The predicted molar refractivity (Wildman–Crippen MR) is 112 cm³/mol. The number of benzene rings is 3. The number of carbonyl (C=O) groups excluding carboxylic acids is 2. The SMILES string of the molecule is Cc1ccccc1CN1C(=O)[C@](O)(CC(=O)Cc2ccccc2)c2ccccc21. The molecule has 0 saturated heterocycles. The largest absolute Gasteiger partial charge is 0.375 e. The van der Waals surface area contributed by atoms with Crippen molar-refractivity contribution < 1.29 is 14.7 Å². The van der Waals surface area contributed by atoms with Gasteiger partial charge >= 0.3 is 0 Å². The van der Waals surface area contributed by atoms with Crippen LogP contribution in [0.3, 0.4) is 0 Å². The Morgan fingerprint density at radius 2 is 1.59 bits per heavy atom. The van der Waals surface area contributed by atoms with Crippen LogP contribution in [0.25, 0.3) is 0 Å². The standard InChI is InChI=1S/C25H23NO3/c1-18-9-5-6-12-20(18)17-26-23-14-8-7-13-22(23)25(29,24(26)28)16-21(27)15-19-10-3-2-4-11-19/h2-14,29H,15-17H2,1H3/t25-/m0/s1. The number of aryl methyl sites for hydroxylation is 1. The summed E-state index contributed by atoms with van der Waals surface area (Å²) >= 11 is 0. The second kappa shape index (κ2) is 7.64. The number of anilines is 1. The Bertz CT molecular complexity index is 1060. The summed E-state index contributed by atoms with van der Waals surface area (Å²) < 4.78 is 0. The second-order valence-electron chi connectivity index (χ2n) is 7.57. The van der Waals surface area contributed by atoms with Crippen molar-refractivity contribution >= 4 is 17.4 Å². The van der Waals surface area contributed by atoms with Gasteiger partial charge in [0.1, 0.15) is 5.78 Å². The zero-order valence-electron chi connectivity index (χ0n) is 16.3. The molecule has 1 heterocycles. The van der Waals surface area contributed by atoms with Crippen LogP contribution in [-0.4, -0.2) is 16.8 Å². The van der Waals surface area contributed by atoms with Gasteiger partial charge in [0.2, 0.25) is 0 Å². The third-order valence-corrected chi connectivity index (χ3v) is 5.53. The molecule has 0 saturated carbocycles. The number of rotatable bonds is 6. The predicted octanol–water partition coefficient (Wildman–Crippen LogP) is 3.93. The van der Waals surface area contributed by atoms with Crippen LogP contribution in [0.4, 0.5) is 5.69 Å². The van der Waals surface area contributed by atoms with E-state index in [1.807, 2.05) is 73.7 Å². The van der Waals surface area contributed by atoms with E-state index in [2.05, 4.69) is 0 Å². The smallest absolute Gasteiger partial charge is 0.264 e. The van der Waals surface area contributed by atoms with Crippen molar-refractivity contribution in [2.24, 2.45) is 0 Å². The lowest BCUT2D eigenvalue weighted by atomic mass is 9.88. The van der Waals surface area contributed by atoms with Gasteiger partial charge in [-0.25, -0.2) is 0 Å². The second-order valence-corrected chi connectivity index (χ2v) is 7.57. The summed E-state index contributed by atoms with van der Waals surface area (Å²) in [5, 5.41) is 11.4. The maximum absolute atomic E-state index is 13.3. The van der Waals surface area contributed by atoms with Crippen LogP contribution < -0.4 is 4.90 Å². The van der Waals surface area contributed by atoms with Gasteiger partial charge in [0, 0.05) is 18.4 Å². The molecule has 0 unspecified atom stereocenters. The van der Waals surface area contributed by atoms with Crippen molar-refractivity contribution in [2.75, 3.05) is 4.90 Å². The van der Waals surface area contributed by atoms with Gasteiger partial charge in [0.25, 0.3) is 5.91 Å². The van der Waals surface area contributed by atoms with E-state index in [4.69, 9.17) is 0 Å². The molecule has 1 aliphatic rings. The lowest BCUT2D eigenvalue weighted by Gasteiger charge is -2.23. The lowest BCUT2D eigenvalue weighted by Crippen LogP contribution is -2.41. The Kier molecular flexibility index (Phi) is 5.03. The van der Waals surface area contributed by atoms with Crippen LogP contribution in [0.15, 0.2) is 78.9 Å². The Labute approximate surface area is 170 Å². The van der Waals surface area contributed by atoms with Crippen LogP contribution in [0.5, 0.6) is 0 Å². The van der Waals surface area contributed by atoms with Gasteiger partial charge in [-0.2, -0.15) is 0 Å². The summed E-state index contributed by atoms with van der Waals surface area (Å²) in [6.07, 6.45) is -0.0433. The molecule has 4 nitrogen and oxygen atoms in total. The highest BCUT2D eigenvalue weighted by molar-refractivity contribution is 6.08. The van der Waals surface area contributed by atoms with E-state index in [9.17, 15) is 14.7 Å². The molecule has 3 aromatic carbocycles. The molecular weight excluding hydrogens is 362 g/mol. The maximum atomic E-state index is 13.3. The number of carbonyl (C=O) groups is 2. The molecule has 0 bridgehead atoms. The van der Waals surface area contributed by atoms with Crippen molar-refractivity contribution in [1.29, 1.82) is 0 Å². The fraction of sp³-hybridized carbons (Fsp3) is 0.200. The van der Waals surface area contributed by atoms with Gasteiger partial charge in [-0.3, -0.25) is 9.59 Å². The van der Waals surface area contributed by atoms with Crippen molar-refractivity contribution in [3.05, 3.63) is 101 Å². The summed E-state index contributed by atoms with van der Waals surface area (Å²) in [6.45, 7) is 2.36. The van der Waals surface area contributed by atoms with Gasteiger partial charge in [-0.1, -0.05) is 72.8 Å². The summed E-state index contributed by atoms with van der Waals surface area (Å²) in [7, 11) is 0. The summed E-state index contributed by atoms with van der Waals surface area (Å²) in [5.74, 6) is -0.608. The molecule has 0 aromatic heterocycles. The Morgan fingerprint density at radius 1 is 0.931 bits per heavy atom. The zero-order chi connectivity index (χ0) is 20.4. The summed E-state index contributed by atoms with van der Waals surface area (Å²) in [4.78, 5) is 27.6. The highest BCUT2D eigenvalue weighted by atomic mass is 16.3. The average molecular weight is 385 g/mol. The number of hydrogen-bond donors (Lipinski definition) is 1. The van der Waals surface area contributed by atoms with Crippen LogP contribution in [-0.2, 0) is 28.2 Å². The number of Topliss-reactive ketones (excluding diaryl/α,β-unsaturated/α-hetero) is 1. The van der Waals surface area contributed by atoms with Gasteiger partial charge < -0.3 is 10.0 Å². The maximum Gasteiger partial charge on any atom is 0.264 e. The Balaban J connectivity index is 1.63. The lowest BCUT2D eigenvalue weighted by molar-refractivity contribution is -0.141. The van der Waals surface area contributed by atoms with E-state index >= 15 is 0 Å². The van der Waals surface area contributed by atoms with Crippen molar-refractivity contribution in [1.82, 2.24) is 0 Å². The van der Waals surface area contributed by atoms with Gasteiger partial charge in [-0.15, -0.1) is 0 Å². The molecule has 3 aromatic rings. The highest BCUT2D eigenvalue weighted by Crippen LogP contribution is 2.43. The molecule has 1 aliphatic heterocycles. The first-order valence-electron chi connectivity index (χ1n) is 9.73. The van der Waals surface area contributed by atoms with Crippen LogP contribution in [0, 0.1) is 6.92 Å². The molecule has 1 amide bonds. The molecule has 0 fully saturated rings. The van der Waals surface area contributed by atoms with Crippen LogP contribution >= 0.6 is 0 Å². The molecule has 0 spiro atoms. The minimum absolute atomic E-state index is 0.167. The number of aliphatic hydroxyl groups is 1. The molecule has 146 valence electrons. The first-order chi connectivity index (χ1) is 14.0. The fourth-order valence-corrected chi connectivity index (χ4v) is 3.96. The minimum Gasteiger partial charge on any atom is -0.375 e. The molecule has 1 N–H and O–H groups in total. The van der Waals surface area contributed by atoms with Crippen LogP contribution in [0.2, 0.25) is 0 Å². The highest BCUT2D eigenvalue weighted by Gasteiger charge is 2.50. The molecule has 4 heteroatoms.